The molecule has 6 unspecified atom stereocenters. The summed E-state index contributed by atoms with van der Waals surface area (Å²) in [7, 11) is 0. The van der Waals surface area contributed by atoms with Crippen LogP contribution in [0.1, 0.15) is 76.1 Å². The van der Waals surface area contributed by atoms with Gasteiger partial charge in [0.2, 0.25) is 0 Å². The second-order valence-corrected chi connectivity index (χ2v) is 16.4. The number of hydrogen-bond donors (Lipinski definition) is 2. The molecule has 0 radical (unpaired) electrons. The number of aliphatic hydroxyl groups is 2. The smallest absolute Gasteiger partial charge is 0.175 e. The highest BCUT2D eigenvalue weighted by Gasteiger charge is 2.68. The Bertz CT molecular complexity index is 1580. The molecular formula is C34H41N3O4S2. The highest BCUT2D eigenvalue weighted by atomic mass is 32.2. The summed E-state index contributed by atoms with van der Waals surface area (Å²) in [5.74, 6) is 0.694. The molecule has 7 nitrogen and oxygen atoms in total. The minimum Gasteiger partial charge on any atom is -0.393 e. The number of Topliss-reactive ketones (excluding diaryl/α,β-unsaturated/α-hetero) is 1. The lowest BCUT2D eigenvalue weighted by Crippen LogP contribution is -2.62. The van der Waals surface area contributed by atoms with E-state index in [-0.39, 0.29) is 34.7 Å². The minimum absolute atomic E-state index is 0.111. The summed E-state index contributed by atoms with van der Waals surface area (Å²) < 4.78 is 9.81. The van der Waals surface area contributed by atoms with Gasteiger partial charge in [-0.3, -0.25) is 9.48 Å². The molecule has 0 amide bonds. The summed E-state index contributed by atoms with van der Waals surface area (Å²) in [5.41, 5.74) is 2.71. The topological polar surface area (TPSA) is 97.5 Å². The average Bonchev–Trinajstić information content (AvgIpc) is 3.68. The molecule has 3 saturated carbocycles. The van der Waals surface area contributed by atoms with Crippen LogP contribution in [-0.2, 0) is 16.0 Å². The van der Waals surface area contributed by atoms with Crippen molar-refractivity contribution in [2.45, 2.75) is 87.3 Å². The van der Waals surface area contributed by atoms with E-state index < -0.39 is 17.1 Å². The number of thioether (sulfide) groups is 1. The summed E-state index contributed by atoms with van der Waals surface area (Å²) in [6, 6.07) is 8.40. The Kier molecular flexibility index (Phi) is 6.77. The van der Waals surface area contributed by atoms with Gasteiger partial charge in [-0.2, -0.15) is 5.10 Å². The van der Waals surface area contributed by atoms with Crippen LogP contribution in [0.2, 0.25) is 0 Å². The monoisotopic (exact) mass is 619 g/mol. The first-order valence-electron chi connectivity index (χ1n) is 16.0. The number of carbonyl (C=O) groups is 1. The van der Waals surface area contributed by atoms with Crippen LogP contribution in [0.3, 0.4) is 0 Å². The molecule has 7 atom stereocenters. The van der Waals surface area contributed by atoms with Crippen molar-refractivity contribution < 1.29 is 19.7 Å². The van der Waals surface area contributed by atoms with E-state index in [0.717, 1.165) is 66.3 Å². The quantitative estimate of drug-likeness (QED) is 0.334. The number of carbonyl (C=O) groups excluding carboxylic acids is 1. The van der Waals surface area contributed by atoms with Crippen LogP contribution in [0.4, 0.5) is 0 Å². The van der Waals surface area contributed by atoms with Gasteiger partial charge in [-0.25, -0.2) is 4.98 Å². The number of nitrogens with zero attached hydrogens (tertiary/aromatic N) is 3. The highest BCUT2D eigenvalue weighted by Crippen LogP contribution is 2.67. The number of aromatic nitrogens is 3. The van der Waals surface area contributed by atoms with Crippen LogP contribution in [0.15, 0.2) is 40.4 Å². The Balaban J connectivity index is 1.04. The number of allylic oxidation sites excluding steroid dienone is 1. The number of benzene rings is 1. The number of thiazole rings is 1. The van der Waals surface area contributed by atoms with Gasteiger partial charge in [-0.1, -0.05) is 43.3 Å². The molecule has 2 N–H and O–H groups in total. The van der Waals surface area contributed by atoms with E-state index >= 15 is 0 Å². The number of fused-ring (bicyclic) bond motifs is 7. The molecule has 43 heavy (non-hydrogen) atoms. The zero-order valence-corrected chi connectivity index (χ0v) is 26.6. The zero-order chi connectivity index (χ0) is 29.6. The van der Waals surface area contributed by atoms with E-state index in [9.17, 15) is 15.0 Å². The van der Waals surface area contributed by atoms with E-state index in [1.165, 1.54) is 28.6 Å². The van der Waals surface area contributed by atoms with Gasteiger partial charge >= 0.3 is 0 Å². The third-order valence-corrected chi connectivity index (χ3v) is 14.4. The van der Waals surface area contributed by atoms with Crippen LogP contribution < -0.4 is 0 Å². The third kappa shape index (κ3) is 4.21. The van der Waals surface area contributed by atoms with Gasteiger partial charge in [0.15, 0.2) is 10.1 Å². The summed E-state index contributed by atoms with van der Waals surface area (Å²) in [6.07, 6.45) is 10.5. The molecule has 5 aliphatic rings. The first-order chi connectivity index (χ1) is 20.7. The molecule has 3 heterocycles. The fourth-order valence-electron chi connectivity index (χ4n) is 10.0. The maximum absolute atomic E-state index is 13.8. The Hall–Kier alpha value is -2.04. The molecule has 9 heteroatoms. The van der Waals surface area contributed by atoms with Gasteiger partial charge in [0.25, 0.3) is 0 Å². The number of ether oxygens (including phenoxy) is 1. The minimum atomic E-state index is -1.42. The molecule has 1 aliphatic heterocycles. The molecule has 0 spiro atoms. The molecule has 228 valence electrons. The van der Waals surface area contributed by atoms with Crippen molar-refractivity contribution >= 4 is 45.2 Å². The Labute approximate surface area is 261 Å². The molecular weight excluding hydrogens is 579 g/mol. The summed E-state index contributed by atoms with van der Waals surface area (Å²) >= 11 is 3.03. The van der Waals surface area contributed by atoms with E-state index in [0.29, 0.717) is 18.9 Å². The third-order valence-electron chi connectivity index (χ3n) is 12.2. The molecule has 8 rings (SSSR count). The van der Waals surface area contributed by atoms with Gasteiger partial charge in [-0.05, 0) is 98.3 Å². The molecule has 3 aromatic rings. The second-order valence-electron chi connectivity index (χ2n) is 14.2. The summed E-state index contributed by atoms with van der Waals surface area (Å²) in [4.78, 5) is 18.5. The second kappa shape index (κ2) is 10.2. The lowest BCUT2D eigenvalue weighted by Gasteiger charge is -2.60. The maximum Gasteiger partial charge on any atom is 0.175 e. The predicted octanol–water partition coefficient (Wildman–Crippen LogP) is 6.09. The molecule has 4 aliphatic carbocycles. The van der Waals surface area contributed by atoms with Gasteiger partial charge in [0, 0.05) is 18.6 Å². The number of para-hydroxylation sites is 1. The predicted molar refractivity (Wildman–Crippen MR) is 169 cm³/mol. The zero-order valence-electron chi connectivity index (χ0n) is 25.0. The van der Waals surface area contributed by atoms with Gasteiger partial charge < -0.3 is 14.9 Å². The van der Waals surface area contributed by atoms with Crippen LogP contribution in [-0.4, -0.2) is 61.4 Å². The number of hydrogen-bond acceptors (Lipinski definition) is 8. The fourth-order valence-corrected chi connectivity index (χ4v) is 12.1. The average molecular weight is 620 g/mol. The normalized spacial score (nSPS) is 37.3. The fraction of sp³-hybridized carbons (Fsp3) is 0.618. The number of rotatable bonds is 5. The van der Waals surface area contributed by atoms with E-state index in [2.05, 4.69) is 35.8 Å². The van der Waals surface area contributed by atoms with E-state index in [1.54, 1.807) is 11.3 Å². The van der Waals surface area contributed by atoms with Crippen molar-refractivity contribution in [3.63, 3.8) is 0 Å². The Morgan fingerprint density at radius 1 is 1.19 bits per heavy atom. The molecule has 1 saturated heterocycles. The van der Waals surface area contributed by atoms with E-state index in [1.807, 2.05) is 24.3 Å². The maximum atomic E-state index is 13.8. The van der Waals surface area contributed by atoms with Crippen LogP contribution in [0.25, 0.3) is 16.3 Å². The van der Waals surface area contributed by atoms with Gasteiger partial charge in [0.05, 0.1) is 40.0 Å². The first-order valence-corrected chi connectivity index (χ1v) is 17.8. The molecule has 0 bridgehead atoms. The van der Waals surface area contributed by atoms with Crippen molar-refractivity contribution in [2.75, 3.05) is 19.0 Å². The molecule has 2 aromatic heterocycles. The highest BCUT2D eigenvalue weighted by molar-refractivity contribution is 8.01. The molecule has 1 aromatic carbocycles. The van der Waals surface area contributed by atoms with Crippen molar-refractivity contribution in [1.29, 1.82) is 0 Å². The van der Waals surface area contributed by atoms with Crippen molar-refractivity contribution in [3.05, 3.63) is 47.3 Å². The summed E-state index contributed by atoms with van der Waals surface area (Å²) in [5, 5.41) is 29.0. The Morgan fingerprint density at radius 3 is 2.81 bits per heavy atom. The van der Waals surface area contributed by atoms with Crippen LogP contribution in [0.5, 0.6) is 0 Å². The van der Waals surface area contributed by atoms with Crippen LogP contribution in [0, 0.1) is 28.6 Å². The van der Waals surface area contributed by atoms with Gasteiger partial charge in [-0.15, -0.1) is 11.3 Å². The molecule has 4 fully saturated rings. The SMILES string of the molecule is CC12Cc3cnn(C4CCOCC4)c3C=C1CCC1C2C(O)CC2(C)C1CC[C@]2(O)C(=O)CSc1nc2ccccc2s1. The van der Waals surface area contributed by atoms with E-state index in [4.69, 9.17) is 9.84 Å². The summed E-state index contributed by atoms with van der Waals surface area (Å²) in [6.45, 7) is 6.03. The number of ketones is 1. The first kappa shape index (κ1) is 28.4. The largest absolute Gasteiger partial charge is 0.393 e. The lowest BCUT2D eigenvalue weighted by atomic mass is 9.45. The van der Waals surface area contributed by atoms with Crippen molar-refractivity contribution in [3.8, 4) is 0 Å². The van der Waals surface area contributed by atoms with Crippen molar-refractivity contribution in [1.82, 2.24) is 14.8 Å². The Morgan fingerprint density at radius 2 is 2.00 bits per heavy atom. The number of aliphatic hydroxyl groups excluding tert-OH is 1. The standard InChI is InChI=1S/C34H41N3O4S2/c1-32-16-20-18-35-37(22-10-13-41-14-11-22)26(20)15-21(32)7-8-23-24-9-12-34(40,33(24,2)17-27(38)30(23)32)29(39)19-42-31-36-25-5-3-4-6-28(25)43-31/h3-6,15,18,22-24,27,30,38,40H,7-14,16-17,19H2,1-2H3/t23?,24?,27?,30?,32?,33?,34-/m0/s1. The van der Waals surface area contributed by atoms with Gasteiger partial charge in [0.1, 0.15) is 5.60 Å². The lowest BCUT2D eigenvalue weighted by molar-refractivity contribution is -0.177. The van der Waals surface area contributed by atoms with Crippen molar-refractivity contribution in [2.24, 2.45) is 28.6 Å². The van der Waals surface area contributed by atoms with Crippen LogP contribution >= 0.6 is 23.1 Å².